The molecule has 1 aromatic carbocycles. The molecule has 2 N–H and O–H groups in total. The summed E-state index contributed by atoms with van der Waals surface area (Å²) in [4.78, 5) is 0. The Morgan fingerprint density at radius 2 is 2.07 bits per heavy atom. The number of para-hydroxylation sites is 1. The summed E-state index contributed by atoms with van der Waals surface area (Å²) in [5, 5.41) is 4.10. The predicted molar refractivity (Wildman–Crippen MR) is 63.3 cm³/mol. The van der Waals surface area contributed by atoms with Gasteiger partial charge in [-0.1, -0.05) is 18.2 Å². The number of hydrogen-bond donors (Lipinski definition) is 1. The minimum Gasteiger partial charge on any atom is -0.496 e. The van der Waals surface area contributed by atoms with Gasteiger partial charge in [0.25, 0.3) is 0 Å². The summed E-state index contributed by atoms with van der Waals surface area (Å²) in [7, 11) is 1.67. The van der Waals surface area contributed by atoms with Crippen molar-refractivity contribution in [2.45, 2.75) is 6.04 Å². The second kappa shape index (κ2) is 4.47. The fourth-order valence-corrected chi connectivity index (χ4v) is 2.25. The lowest BCUT2D eigenvalue weighted by Gasteiger charge is -2.14. The topological polar surface area (TPSA) is 35.2 Å². The zero-order valence-electron chi connectivity index (χ0n) is 8.51. The number of thiophene rings is 1. The van der Waals surface area contributed by atoms with E-state index >= 15 is 0 Å². The SMILES string of the molecule is COc1ccccc1[C@H](N)c1ccsc1. The van der Waals surface area contributed by atoms with E-state index < -0.39 is 0 Å². The first-order valence-corrected chi connectivity index (χ1v) is 5.68. The average Bonchev–Trinajstić information content (AvgIpc) is 2.81. The minimum absolute atomic E-state index is 0.104. The summed E-state index contributed by atoms with van der Waals surface area (Å²) < 4.78 is 5.29. The Balaban J connectivity index is 2.37. The summed E-state index contributed by atoms with van der Waals surface area (Å²) >= 11 is 1.66. The number of hydrogen-bond acceptors (Lipinski definition) is 3. The fraction of sp³-hybridized carbons (Fsp3) is 0.167. The van der Waals surface area contributed by atoms with Gasteiger partial charge < -0.3 is 10.5 Å². The zero-order chi connectivity index (χ0) is 10.7. The van der Waals surface area contributed by atoms with E-state index in [1.807, 2.05) is 35.7 Å². The van der Waals surface area contributed by atoms with Gasteiger partial charge in [-0.05, 0) is 28.5 Å². The van der Waals surface area contributed by atoms with Gasteiger partial charge in [0, 0.05) is 5.56 Å². The van der Waals surface area contributed by atoms with Crippen molar-refractivity contribution in [1.29, 1.82) is 0 Å². The maximum atomic E-state index is 6.16. The lowest BCUT2D eigenvalue weighted by molar-refractivity contribution is 0.408. The van der Waals surface area contributed by atoms with Crippen LogP contribution in [0.3, 0.4) is 0 Å². The van der Waals surface area contributed by atoms with Crippen LogP contribution in [0.5, 0.6) is 5.75 Å². The highest BCUT2D eigenvalue weighted by Crippen LogP contribution is 2.28. The van der Waals surface area contributed by atoms with E-state index in [0.717, 1.165) is 16.9 Å². The first-order chi connectivity index (χ1) is 7.33. The second-order valence-electron chi connectivity index (χ2n) is 3.28. The Morgan fingerprint density at radius 3 is 2.73 bits per heavy atom. The number of methoxy groups -OCH3 is 1. The van der Waals surface area contributed by atoms with E-state index in [0.29, 0.717) is 0 Å². The van der Waals surface area contributed by atoms with Crippen LogP contribution in [0, 0.1) is 0 Å². The van der Waals surface area contributed by atoms with Crippen LogP contribution in [0.15, 0.2) is 41.1 Å². The van der Waals surface area contributed by atoms with Gasteiger partial charge in [-0.25, -0.2) is 0 Å². The van der Waals surface area contributed by atoms with Gasteiger partial charge >= 0.3 is 0 Å². The van der Waals surface area contributed by atoms with Crippen molar-refractivity contribution in [2.75, 3.05) is 7.11 Å². The smallest absolute Gasteiger partial charge is 0.123 e. The molecule has 3 heteroatoms. The molecule has 1 heterocycles. The number of rotatable bonds is 3. The first-order valence-electron chi connectivity index (χ1n) is 4.73. The lowest BCUT2D eigenvalue weighted by Crippen LogP contribution is -2.11. The molecular weight excluding hydrogens is 206 g/mol. The largest absolute Gasteiger partial charge is 0.496 e. The van der Waals surface area contributed by atoms with Crippen molar-refractivity contribution in [1.82, 2.24) is 0 Å². The molecule has 0 aliphatic carbocycles. The maximum Gasteiger partial charge on any atom is 0.123 e. The van der Waals surface area contributed by atoms with Crippen LogP contribution in [0.25, 0.3) is 0 Å². The van der Waals surface area contributed by atoms with Crippen LogP contribution in [0.1, 0.15) is 17.2 Å². The number of benzene rings is 1. The van der Waals surface area contributed by atoms with Crippen LogP contribution < -0.4 is 10.5 Å². The first kappa shape index (κ1) is 10.2. The van der Waals surface area contributed by atoms with Crippen molar-refractivity contribution in [3.8, 4) is 5.75 Å². The predicted octanol–water partition coefficient (Wildman–Crippen LogP) is 2.80. The standard InChI is InChI=1S/C12H13NOS/c1-14-11-5-3-2-4-10(11)12(13)9-6-7-15-8-9/h2-8,12H,13H2,1H3/t12-/m1/s1. The molecule has 0 bridgehead atoms. The third-order valence-electron chi connectivity index (χ3n) is 2.38. The average molecular weight is 219 g/mol. The molecule has 0 aliphatic rings. The molecule has 0 aliphatic heterocycles. The van der Waals surface area contributed by atoms with Gasteiger partial charge in [-0.3, -0.25) is 0 Å². The molecule has 0 saturated heterocycles. The van der Waals surface area contributed by atoms with Gasteiger partial charge in [0.05, 0.1) is 13.2 Å². The van der Waals surface area contributed by atoms with Crippen molar-refractivity contribution in [3.05, 3.63) is 52.2 Å². The molecule has 2 rings (SSSR count). The van der Waals surface area contributed by atoms with Gasteiger partial charge in [-0.15, -0.1) is 0 Å². The van der Waals surface area contributed by atoms with Crippen LogP contribution in [0.4, 0.5) is 0 Å². The third-order valence-corrected chi connectivity index (χ3v) is 3.08. The van der Waals surface area contributed by atoms with Crippen LogP contribution in [-0.4, -0.2) is 7.11 Å². The maximum absolute atomic E-state index is 6.16. The lowest BCUT2D eigenvalue weighted by atomic mass is 10.0. The number of ether oxygens (including phenoxy) is 1. The molecule has 0 fully saturated rings. The van der Waals surface area contributed by atoms with Crippen molar-refractivity contribution >= 4 is 11.3 Å². The Bertz CT molecular complexity index is 425. The molecule has 1 aromatic heterocycles. The Labute approximate surface area is 93.3 Å². The summed E-state index contributed by atoms with van der Waals surface area (Å²) in [5.74, 6) is 0.844. The van der Waals surface area contributed by atoms with Crippen LogP contribution >= 0.6 is 11.3 Å². The van der Waals surface area contributed by atoms with Gasteiger partial charge in [0.15, 0.2) is 0 Å². The molecule has 0 amide bonds. The van der Waals surface area contributed by atoms with Gasteiger partial charge in [0.2, 0.25) is 0 Å². The quantitative estimate of drug-likeness (QED) is 0.861. The Kier molecular flexibility index (Phi) is 3.04. The molecule has 15 heavy (non-hydrogen) atoms. The Hall–Kier alpha value is -1.32. The van der Waals surface area contributed by atoms with E-state index in [9.17, 15) is 0 Å². The fourth-order valence-electron chi connectivity index (χ4n) is 1.55. The summed E-state index contributed by atoms with van der Waals surface area (Å²) in [5.41, 5.74) is 8.32. The molecule has 2 aromatic rings. The molecular formula is C12H13NOS. The summed E-state index contributed by atoms with van der Waals surface area (Å²) in [6.07, 6.45) is 0. The number of nitrogens with two attached hydrogens (primary N) is 1. The molecule has 2 nitrogen and oxygen atoms in total. The molecule has 78 valence electrons. The highest BCUT2D eigenvalue weighted by molar-refractivity contribution is 7.08. The van der Waals surface area contributed by atoms with Crippen molar-refractivity contribution < 1.29 is 4.74 Å². The molecule has 0 radical (unpaired) electrons. The third kappa shape index (κ3) is 2.03. The zero-order valence-corrected chi connectivity index (χ0v) is 9.33. The normalized spacial score (nSPS) is 12.4. The molecule has 0 unspecified atom stereocenters. The Morgan fingerprint density at radius 1 is 1.27 bits per heavy atom. The second-order valence-corrected chi connectivity index (χ2v) is 4.06. The summed E-state index contributed by atoms with van der Waals surface area (Å²) in [6.45, 7) is 0. The molecule has 0 saturated carbocycles. The van der Waals surface area contributed by atoms with E-state index in [2.05, 4.69) is 5.38 Å². The highest BCUT2D eigenvalue weighted by Gasteiger charge is 2.13. The van der Waals surface area contributed by atoms with E-state index in [1.54, 1.807) is 18.4 Å². The van der Waals surface area contributed by atoms with E-state index in [4.69, 9.17) is 10.5 Å². The monoisotopic (exact) mass is 219 g/mol. The van der Waals surface area contributed by atoms with Crippen molar-refractivity contribution in [2.24, 2.45) is 5.73 Å². The molecule has 0 spiro atoms. The van der Waals surface area contributed by atoms with Crippen LogP contribution in [0.2, 0.25) is 0 Å². The highest BCUT2D eigenvalue weighted by atomic mass is 32.1. The van der Waals surface area contributed by atoms with Gasteiger partial charge in [0.1, 0.15) is 5.75 Å². The minimum atomic E-state index is -0.104. The van der Waals surface area contributed by atoms with Gasteiger partial charge in [-0.2, -0.15) is 11.3 Å². The molecule has 1 atom stereocenters. The van der Waals surface area contributed by atoms with E-state index in [1.165, 1.54) is 0 Å². The van der Waals surface area contributed by atoms with Crippen molar-refractivity contribution in [3.63, 3.8) is 0 Å². The summed E-state index contributed by atoms with van der Waals surface area (Å²) in [6, 6.07) is 9.80. The van der Waals surface area contributed by atoms with Crippen LogP contribution in [-0.2, 0) is 0 Å². The van der Waals surface area contributed by atoms with E-state index in [-0.39, 0.29) is 6.04 Å².